The van der Waals surface area contributed by atoms with Gasteiger partial charge in [-0.05, 0) is 60.3 Å². The molecular weight excluding hydrogens is 292 g/mol. The summed E-state index contributed by atoms with van der Waals surface area (Å²) in [5.74, 6) is 5.67. The average molecular weight is 333 g/mol. The quantitative estimate of drug-likeness (QED) is 0.466. The van der Waals surface area contributed by atoms with Crippen molar-refractivity contribution in [3.63, 3.8) is 0 Å². The molecule has 0 amide bonds. The molecule has 4 aliphatic carbocycles. The first-order valence-electron chi connectivity index (χ1n) is 11.1. The lowest BCUT2D eigenvalue weighted by molar-refractivity contribution is 0.127. The van der Waals surface area contributed by atoms with Gasteiger partial charge in [-0.2, -0.15) is 0 Å². The fourth-order valence-electron chi connectivity index (χ4n) is 8.72. The minimum atomic E-state index is -1.18. The Morgan fingerprint density at radius 3 is 1.48 bits per heavy atom. The Kier molecular flexibility index (Phi) is 4.48. The van der Waals surface area contributed by atoms with Crippen molar-refractivity contribution >= 4 is 8.07 Å². The first-order chi connectivity index (χ1) is 11.1. The SMILES string of the molecule is C[Si](C)(C)C1(C2CCCCC2)C2CCCCC2C2CCCCC21. The molecule has 4 saturated carbocycles. The summed E-state index contributed by atoms with van der Waals surface area (Å²) in [5, 5.41) is 0.823. The summed E-state index contributed by atoms with van der Waals surface area (Å²) in [7, 11) is -1.18. The molecule has 4 atom stereocenters. The molecule has 0 heterocycles. The Labute approximate surface area is 146 Å². The van der Waals surface area contributed by atoms with Crippen LogP contribution in [0.4, 0.5) is 0 Å². The van der Waals surface area contributed by atoms with Gasteiger partial charge in [0.25, 0.3) is 0 Å². The zero-order valence-electron chi connectivity index (χ0n) is 16.1. The normalized spacial score (nSPS) is 45.5. The second-order valence-electron chi connectivity index (χ2n) is 10.6. The van der Waals surface area contributed by atoms with Crippen LogP contribution in [-0.2, 0) is 0 Å². The molecule has 0 nitrogen and oxygen atoms in total. The van der Waals surface area contributed by atoms with Crippen LogP contribution in [0.3, 0.4) is 0 Å². The van der Waals surface area contributed by atoms with E-state index in [-0.39, 0.29) is 0 Å². The molecule has 1 heteroatoms. The van der Waals surface area contributed by atoms with Gasteiger partial charge in [0.05, 0.1) is 8.07 Å². The maximum absolute atomic E-state index is 2.78. The zero-order valence-corrected chi connectivity index (χ0v) is 17.1. The van der Waals surface area contributed by atoms with Gasteiger partial charge >= 0.3 is 0 Å². The number of fused-ring (bicyclic) bond motifs is 3. The third-order valence-electron chi connectivity index (χ3n) is 9.00. The van der Waals surface area contributed by atoms with E-state index in [0.717, 1.165) is 34.6 Å². The monoisotopic (exact) mass is 332 g/mol. The number of rotatable bonds is 2. The molecule has 4 fully saturated rings. The van der Waals surface area contributed by atoms with E-state index in [4.69, 9.17) is 0 Å². The van der Waals surface area contributed by atoms with E-state index in [9.17, 15) is 0 Å². The topological polar surface area (TPSA) is 0 Å². The molecule has 0 aliphatic heterocycles. The van der Waals surface area contributed by atoms with Crippen LogP contribution in [0.15, 0.2) is 0 Å². The lowest BCUT2D eigenvalue weighted by Gasteiger charge is -2.57. The molecule has 4 unspecified atom stereocenters. The summed E-state index contributed by atoms with van der Waals surface area (Å²) in [4.78, 5) is 0. The van der Waals surface area contributed by atoms with Crippen LogP contribution in [0.1, 0.15) is 83.5 Å². The fourth-order valence-corrected chi connectivity index (χ4v) is 13.2. The molecule has 4 aliphatic rings. The highest BCUT2D eigenvalue weighted by atomic mass is 28.3. The fraction of sp³-hybridized carbons (Fsp3) is 1.00. The molecular formula is C22H40Si. The van der Waals surface area contributed by atoms with Gasteiger partial charge in [-0.25, -0.2) is 0 Å². The van der Waals surface area contributed by atoms with Crippen molar-refractivity contribution in [3.8, 4) is 0 Å². The van der Waals surface area contributed by atoms with Crippen molar-refractivity contribution in [2.45, 2.75) is 108 Å². The molecule has 132 valence electrons. The van der Waals surface area contributed by atoms with Crippen molar-refractivity contribution in [2.75, 3.05) is 0 Å². The van der Waals surface area contributed by atoms with Gasteiger partial charge in [0.1, 0.15) is 0 Å². The molecule has 4 rings (SSSR count). The van der Waals surface area contributed by atoms with Gasteiger partial charge in [-0.1, -0.05) is 77.4 Å². The zero-order chi connectivity index (χ0) is 16.1. The van der Waals surface area contributed by atoms with E-state index in [1.807, 2.05) is 0 Å². The van der Waals surface area contributed by atoms with E-state index in [1.165, 1.54) is 6.42 Å². The highest BCUT2D eigenvalue weighted by Gasteiger charge is 2.66. The maximum Gasteiger partial charge on any atom is 0.0516 e. The van der Waals surface area contributed by atoms with Gasteiger partial charge in [0.15, 0.2) is 0 Å². The predicted molar refractivity (Wildman–Crippen MR) is 104 cm³/mol. The minimum Gasteiger partial charge on any atom is -0.0691 e. The van der Waals surface area contributed by atoms with Crippen molar-refractivity contribution < 1.29 is 0 Å². The van der Waals surface area contributed by atoms with Crippen LogP contribution in [-0.4, -0.2) is 8.07 Å². The van der Waals surface area contributed by atoms with Crippen LogP contribution in [0, 0.1) is 29.6 Å². The highest BCUT2D eigenvalue weighted by molar-refractivity contribution is 6.79. The Balaban J connectivity index is 1.80. The van der Waals surface area contributed by atoms with Crippen molar-refractivity contribution in [2.24, 2.45) is 29.6 Å². The van der Waals surface area contributed by atoms with Gasteiger partial charge in [-0.3, -0.25) is 0 Å². The molecule has 0 aromatic rings. The van der Waals surface area contributed by atoms with Crippen molar-refractivity contribution in [1.29, 1.82) is 0 Å². The molecule has 23 heavy (non-hydrogen) atoms. The summed E-state index contributed by atoms with van der Waals surface area (Å²) in [6, 6.07) is 0. The van der Waals surface area contributed by atoms with Crippen LogP contribution < -0.4 is 0 Å². The van der Waals surface area contributed by atoms with E-state index < -0.39 is 8.07 Å². The molecule has 0 radical (unpaired) electrons. The first kappa shape index (κ1) is 16.7. The Bertz CT molecular complexity index is 392. The average Bonchev–Trinajstić information content (AvgIpc) is 2.87. The molecule has 0 aromatic carbocycles. The minimum absolute atomic E-state index is 0.823. The largest absolute Gasteiger partial charge is 0.0691 e. The summed E-state index contributed by atoms with van der Waals surface area (Å²) in [6.07, 6.45) is 20.4. The molecule has 0 bridgehead atoms. The van der Waals surface area contributed by atoms with E-state index in [2.05, 4.69) is 19.6 Å². The lowest BCUT2D eigenvalue weighted by Crippen LogP contribution is -2.52. The van der Waals surface area contributed by atoms with Crippen LogP contribution in [0.25, 0.3) is 0 Å². The number of hydrogen-bond donors (Lipinski definition) is 0. The summed E-state index contributed by atoms with van der Waals surface area (Å²) in [5.41, 5.74) is 0. The second kappa shape index (κ2) is 6.18. The standard InChI is InChI=1S/C22H40Si/c1-23(2,3)22(17-11-5-4-6-12-17)20-15-9-7-13-18(20)19-14-8-10-16-21(19)22/h17-21H,4-16H2,1-3H3. The van der Waals surface area contributed by atoms with Crippen molar-refractivity contribution in [3.05, 3.63) is 0 Å². The van der Waals surface area contributed by atoms with E-state index in [0.29, 0.717) is 0 Å². The second-order valence-corrected chi connectivity index (χ2v) is 16.0. The van der Waals surface area contributed by atoms with Gasteiger partial charge < -0.3 is 0 Å². The van der Waals surface area contributed by atoms with Crippen LogP contribution in [0.2, 0.25) is 24.7 Å². The Morgan fingerprint density at radius 1 is 0.565 bits per heavy atom. The lowest BCUT2D eigenvalue weighted by atomic mass is 9.66. The molecule has 0 aromatic heterocycles. The van der Waals surface area contributed by atoms with E-state index >= 15 is 0 Å². The Hall–Kier alpha value is 0.217. The van der Waals surface area contributed by atoms with Crippen LogP contribution in [0.5, 0.6) is 0 Å². The van der Waals surface area contributed by atoms with Crippen molar-refractivity contribution in [1.82, 2.24) is 0 Å². The molecule has 0 saturated heterocycles. The van der Waals surface area contributed by atoms with Gasteiger partial charge in [0, 0.05) is 0 Å². The predicted octanol–water partition coefficient (Wildman–Crippen LogP) is 7.27. The summed E-state index contributed by atoms with van der Waals surface area (Å²) in [6.45, 7) is 8.35. The molecule has 0 spiro atoms. The van der Waals surface area contributed by atoms with Gasteiger partial charge in [-0.15, -0.1) is 0 Å². The summed E-state index contributed by atoms with van der Waals surface area (Å²) < 4.78 is 0. The number of hydrogen-bond acceptors (Lipinski definition) is 0. The smallest absolute Gasteiger partial charge is 0.0516 e. The Morgan fingerprint density at radius 2 is 1.00 bits per heavy atom. The van der Waals surface area contributed by atoms with E-state index in [1.54, 1.807) is 77.0 Å². The highest BCUT2D eigenvalue weighted by Crippen LogP contribution is 2.75. The summed E-state index contributed by atoms with van der Waals surface area (Å²) >= 11 is 0. The van der Waals surface area contributed by atoms with Gasteiger partial charge in [0.2, 0.25) is 0 Å². The van der Waals surface area contributed by atoms with Crippen LogP contribution >= 0.6 is 0 Å². The third-order valence-corrected chi connectivity index (χ3v) is 12.7. The maximum atomic E-state index is 2.78. The third kappa shape index (κ3) is 2.42. The molecule has 0 N–H and O–H groups in total. The first-order valence-corrected chi connectivity index (χ1v) is 14.6.